The first kappa shape index (κ1) is 13.9. The maximum absolute atomic E-state index is 12.4. The molecule has 6 heteroatoms. The molecule has 0 fully saturated rings. The summed E-state index contributed by atoms with van der Waals surface area (Å²) in [6.07, 6.45) is 4.71. The number of aliphatic hydroxyl groups excluding tert-OH is 1. The molecule has 3 rings (SSSR count). The molecule has 0 aliphatic carbocycles. The van der Waals surface area contributed by atoms with Crippen LogP contribution in [-0.2, 0) is 9.59 Å². The Hall–Kier alpha value is -3.02. The number of carbonyl (C=O) groups is 2. The van der Waals surface area contributed by atoms with Gasteiger partial charge in [-0.05, 0) is 30.7 Å². The Labute approximate surface area is 126 Å². The molecule has 0 unspecified atom stereocenters. The highest BCUT2D eigenvalue weighted by Gasteiger charge is 2.43. The van der Waals surface area contributed by atoms with Crippen LogP contribution in [0, 0.1) is 0 Å². The van der Waals surface area contributed by atoms with Gasteiger partial charge in [0.25, 0.3) is 5.91 Å². The molecule has 0 spiro atoms. The van der Waals surface area contributed by atoms with Gasteiger partial charge in [0.05, 0.1) is 11.6 Å². The zero-order valence-corrected chi connectivity index (χ0v) is 11.8. The van der Waals surface area contributed by atoms with Gasteiger partial charge in [-0.1, -0.05) is 12.1 Å². The van der Waals surface area contributed by atoms with Crippen LogP contribution in [0.25, 0.3) is 0 Å². The zero-order chi connectivity index (χ0) is 15.7. The number of hydrogen-bond acceptors (Lipinski definition) is 5. The van der Waals surface area contributed by atoms with Crippen LogP contribution in [-0.4, -0.2) is 26.8 Å². The summed E-state index contributed by atoms with van der Waals surface area (Å²) < 4.78 is 0. The van der Waals surface area contributed by atoms with E-state index in [0.717, 1.165) is 0 Å². The molecule has 0 saturated carbocycles. The van der Waals surface area contributed by atoms with Crippen molar-refractivity contribution in [1.82, 2.24) is 9.97 Å². The SMILES string of the molecule is CC(=O)C1=C(O)C(=O)N(c2ccccn2)[C@@H]1c1cccnc1. The van der Waals surface area contributed by atoms with E-state index in [1.54, 1.807) is 48.9 Å². The molecular formula is C16H13N3O3. The molecule has 0 bridgehead atoms. The van der Waals surface area contributed by atoms with Crippen molar-refractivity contribution in [2.24, 2.45) is 0 Å². The van der Waals surface area contributed by atoms with Gasteiger partial charge in [-0.15, -0.1) is 0 Å². The number of pyridine rings is 2. The van der Waals surface area contributed by atoms with Crippen molar-refractivity contribution in [2.45, 2.75) is 13.0 Å². The predicted molar refractivity (Wildman–Crippen MR) is 79.0 cm³/mol. The highest BCUT2D eigenvalue weighted by molar-refractivity contribution is 6.15. The number of nitrogens with zero attached hydrogens (tertiary/aromatic N) is 3. The average Bonchev–Trinajstić information content (AvgIpc) is 2.81. The first-order valence-corrected chi connectivity index (χ1v) is 6.70. The fraction of sp³-hybridized carbons (Fsp3) is 0.125. The van der Waals surface area contributed by atoms with E-state index in [-0.39, 0.29) is 11.4 Å². The molecule has 2 aromatic heterocycles. The lowest BCUT2D eigenvalue weighted by atomic mass is 9.98. The van der Waals surface area contributed by atoms with Crippen molar-refractivity contribution < 1.29 is 14.7 Å². The Balaban J connectivity index is 2.18. The minimum atomic E-state index is -0.728. The maximum Gasteiger partial charge on any atom is 0.295 e. The number of amides is 1. The Morgan fingerprint density at radius 3 is 2.64 bits per heavy atom. The summed E-state index contributed by atoms with van der Waals surface area (Å²) >= 11 is 0. The van der Waals surface area contributed by atoms with E-state index in [0.29, 0.717) is 11.4 Å². The van der Waals surface area contributed by atoms with Crippen LogP contribution in [0.2, 0.25) is 0 Å². The molecule has 3 heterocycles. The summed E-state index contributed by atoms with van der Waals surface area (Å²) in [6, 6.07) is 7.85. The van der Waals surface area contributed by atoms with Gasteiger partial charge in [0.15, 0.2) is 11.5 Å². The molecule has 0 aromatic carbocycles. The summed E-state index contributed by atoms with van der Waals surface area (Å²) in [5.74, 6) is -1.17. The van der Waals surface area contributed by atoms with Crippen LogP contribution < -0.4 is 4.90 Å². The van der Waals surface area contributed by atoms with Gasteiger partial charge in [0.2, 0.25) is 0 Å². The van der Waals surface area contributed by atoms with Crippen LogP contribution in [0.3, 0.4) is 0 Å². The van der Waals surface area contributed by atoms with Crippen molar-refractivity contribution in [3.8, 4) is 0 Å². The van der Waals surface area contributed by atoms with E-state index in [2.05, 4.69) is 9.97 Å². The summed E-state index contributed by atoms with van der Waals surface area (Å²) in [7, 11) is 0. The summed E-state index contributed by atoms with van der Waals surface area (Å²) in [5, 5.41) is 10.1. The molecule has 1 atom stereocenters. The second-order valence-corrected chi connectivity index (χ2v) is 4.87. The standard InChI is InChI=1S/C16H13N3O3/c1-10(20)13-14(11-5-4-7-17-9-11)19(16(22)15(13)21)12-6-2-3-8-18-12/h2-9,14,21H,1H3/t14-/m1/s1. The van der Waals surface area contributed by atoms with E-state index in [1.165, 1.54) is 11.8 Å². The molecule has 6 nitrogen and oxygen atoms in total. The largest absolute Gasteiger partial charge is 0.503 e. The molecule has 1 aliphatic heterocycles. The lowest BCUT2D eigenvalue weighted by Gasteiger charge is -2.25. The topological polar surface area (TPSA) is 83.4 Å². The number of anilines is 1. The monoisotopic (exact) mass is 295 g/mol. The lowest BCUT2D eigenvalue weighted by molar-refractivity contribution is -0.117. The number of rotatable bonds is 3. The molecule has 110 valence electrons. The van der Waals surface area contributed by atoms with Gasteiger partial charge in [0.1, 0.15) is 5.82 Å². The van der Waals surface area contributed by atoms with Crippen LogP contribution in [0.15, 0.2) is 60.3 Å². The Bertz CT molecular complexity index is 757. The van der Waals surface area contributed by atoms with Gasteiger partial charge in [-0.3, -0.25) is 19.5 Å². The number of Topliss-reactive ketones (excluding diaryl/α,β-unsaturated/α-hetero) is 1. The van der Waals surface area contributed by atoms with Crippen molar-refractivity contribution >= 4 is 17.5 Å². The fourth-order valence-electron chi connectivity index (χ4n) is 2.55. The second kappa shape index (κ2) is 5.40. The number of hydrogen-bond donors (Lipinski definition) is 1. The Kier molecular flexibility index (Phi) is 3.42. The first-order valence-electron chi connectivity index (χ1n) is 6.70. The minimum absolute atomic E-state index is 0.0589. The van der Waals surface area contributed by atoms with Gasteiger partial charge < -0.3 is 5.11 Å². The fourth-order valence-corrected chi connectivity index (χ4v) is 2.55. The zero-order valence-electron chi connectivity index (χ0n) is 11.8. The highest BCUT2D eigenvalue weighted by atomic mass is 16.3. The number of aromatic nitrogens is 2. The third-order valence-corrected chi connectivity index (χ3v) is 3.48. The summed E-state index contributed by atoms with van der Waals surface area (Å²) in [6.45, 7) is 1.32. The molecule has 0 radical (unpaired) electrons. The van der Waals surface area contributed by atoms with Gasteiger partial charge in [0, 0.05) is 18.6 Å². The van der Waals surface area contributed by atoms with E-state index in [4.69, 9.17) is 0 Å². The molecule has 0 saturated heterocycles. The normalized spacial score (nSPS) is 18.0. The van der Waals surface area contributed by atoms with Crippen LogP contribution in [0.5, 0.6) is 0 Å². The Morgan fingerprint density at radius 2 is 2.05 bits per heavy atom. The van der Waals surface area contributed by atoms with E-state index >= 15 is 0 Å². The minimum Gasteiger partial charge on any atom is -0.503 e. The van der Waals surface area contributed by atoms with Crippen molar-refractivity contribution in [3.05, 3.63) is 65.8 Å². The van der Waals surface area contributed by atoms with Crippen molar-refractivity contribution in [3.63, 3.8) is 0 Å². The van der Waals surface area contributed by atoms with Crippen molar-refractivity contribution in [1.29, 1.82) is 0 Å². The van der Waals surface area contributed by atoms with Crippen LogP contribution in [0.1, 0.15) is 18.5 Å². The van der Waals surface area contributed by atoms with Gasteiger partial charge >= 0.3 is 0 Å². The number of carbonyl (C=O) groups excluding carboxylic acids is 2. The second-order valence-electron chi connectivity index (χ2n) is 4.87. The molecule has 22 heavy (non-hydrogen) atoms. The molecule has 1 N–H and O–H groups in total. The summed E-state index contributed by atoms with van der Waals surface area (Å²) in [4.78, 5) is 33.8. The van der Waals surface area contributed by atoms with Crippen LogP contribution in [0.4, 0.5) is 5.82 Å². The first-order chi connectivity index (χ1) is 10.6. The molecule has 1 aliphatic rings. The van der Waals surface area contributed by atoms with E-state index < -0.39 is 17.7 Å². The predicted octanol–water partition coefficient (Wildman–Crippen LogP) is 1.97. The molecule has 2 aromatic rings. The van der Waals surface area contributed by atoms with Gasteiger partial charge in [-0.25, -0.2) is 4.98 Å². The lowest BCUT2D eigenvalue weighted by Crippen LogP contribution is -2.31. The number of aliphatic hydroxyl groups is 1. The summed E-state index contributed by atoms with van der Waals surface area (Å²) in [5.41, 5.74) is 0.694. The smallest absolute Gasteiger partial charge is 0.295 e. The molecular weight excluding hydrogens is 282 g/mol. The third-order valence-electron chi connectivity index (χ3n) is 3.48. The number of ketones is 1. The van der Waals surface area contributed by atoms with E-state index in [9.17, 15) is 14.7 Å². The average molecular weight is 295 g/mol. The van der Waals surface area contributed by atoms with Gasteiger partial charge in [-0.2, -0.15) is 0 Å². The van der Waals surface area contributed by atoms with Crippen molar-refractivity contribution in [2.75, 3.05) is 4.90 Å². The Morgan fingerprint density at radius 1 is 1.23 bits per heavy atom. The highest BCUT2D eigenvalue weighted by Crippen LogP contribution is 2.39. The van der Waals surface area contributed by atoms with Crippen LogP contribution >= 0.6 is 0 Å². The molecule has 1 amide bonds. The quantitative estimate of drug-likeness (QED) is 0.936. The van der Waals surface area contributed by atoms with E-state index in [1.807, 2.05) is 0 Å². The maximum atomic E-state index is 12.4. The third kappa shape index (κ3) is 2.14.